The fraction of sp³-hybridized carbons (Fsp3) is 0.321. The van der Waals surface area contributed by atoms with E-state index in [0.29, 0.717) is 11.5 Å². The van der Waals surface area contributed by atoms with Gasteiger partial charge in [-0.3, -0.25) is 19.3 Å². The molecule has 0 saturated carbocycles. The molecule has 3 aromatic heterocycles. The van der Waals surface area contributed by atoms with Crippen molar-refractivity contribution in [1.29, 1.82) is 0 Å². The van der Waals surface area contributed by atoms with Crippen LogP contribution in [0.3, 0.4) is 0 Å². The van der Waals surface area contributed by atoms with E-state index in [-0.39, 0.29) is 34.2 Å². The second kappa shape index (κ2) is 11.6. The van der Waals surface area contributed by atoms with Crippen LogP contribution < -0.4 is 21.5 Å². The molecule has 43 heavy (non-hydrogen) atoms. The molecule has 1 aliphatic heterocycles. The van der Waals surface area contributed by atoms with Gasteiger partial charge in [0.1, 0.15) is 18.0 Å². The van der Waals surface area contributed by atoms with E-state index in [9.17, 15) is 23.9 Å². The topological polar surface area (TPSA) is 152 Å². The number of likely N-dealkylation sites (N-methyl/N-ethyl adjacent to an activating group) is 1. The van der Waals surface area contributed by atoms with Crippen LogP contribution in [0.15, 0.2) is 35.6 Å². The number of hydrogen-bond donors (Lipinski definition) is 3. The van der Waals surface area contributed by atoms with Gasteiger partial charge in [0, 0.05) is 56.1 Å². The maximum absolute atomic E-state index is 15.1. The number of aromatic nitrogens is 4. The number of phenols is 1. The zero-order valence-corrected chi connectivity index (χ0v) is 24.3. The molecular weight excluding hydrogens is 586 g/mol. The molecule has 0 spiro atoms. The van der Waals surface area contributed by atoms with Crippen molar-refractivity contribution in [2.45, 2.75) is 26.4 Å². The van der Waals surface area contributed by atoms with Gasteiger partial charge in [-0.05, 0) is 19.5 Å². The second-order valence-corrected chi connectivity index (χ2v) is 10.8. The number of rotatable bonds is 7. The number of nitrogens with zero attached hydrogens (tertiary/aromatic N) is 6. The Kier molecular flexibility index (Phi) is 8.08. The predicted octanol–water partition coefficient (Wildman–Crippen LogP) is 2.70. The normalized spacial score (nSPS) is 15.7. The van der Waals surface area contributed by atoms with Crippen LogP contribution in [0.2, 0.25) is 5.02 Å². The molecule has 1 aromatic carbocycles. The molecule has 5 rings (SSSR count). The minimum absolute atomic E-state index is 0.00546. The summed E-state index contributed by atoms with van der Waals surface area (Å²) >= 11 is 6.36. The molecule has 1 aliphatic rings. The smallest absolute Gasteiger partial charge is 0.263 e. The van der Waals surface area contributed by atoms with Gasteiger partial charge in [-0.2, -0.15) is 4.39 Å². The van der Waals surface area contributed by atoms with Crippen molar-refractivity contribution in [3.05, 3.63) is 63.4 Å². The van der Waals surface area contributed by atoms with Crippen molar-refractivity contribution < 1.29 is 23.5 Å². The highest BCUT2D eigenvalue weighted by Crippen LogP contribution is 2.36. The van der Waals surface area contributed by atoms with Crippen LogP contribution in [0.4, 0.5) is 20.3 Å². The first-order valence-electron chi connectivity index (χ1n) is 13.4. The molecule has 4 aromatic rings. The van der Waals surface area contributed by atoms with E-state index in [2.05, 4.69) is 38.9 Å². The van der Waals surface area contributed by atoms with Crippen LogP contribution in [0.5, 0.6) is 5.75 Å². The van der Waals surface area contributed by atoms with Crippen LogP contribution in [-0.4, -0.2) is 73.1 Å². The first-order chi connectivity index (χ1) is 20.4. The largest absolute Gasteiger partial charge is 0.504 e. The maximum atomic E-state index is 15.1. The summed E-state index contributed by atoms with van der Waals surface area (Å²) in [5, 5.41) is 12.7. The zero-order valence-electron chi connectivity index (χ0n) is 23.6. The van der Waals surface area contributed by atoms with Crippen molar-refractivity contribution in [3.8, 4) is 16.9 Å². The lowest BCUT2D eigenvalue weighted by Crippen LogP contribution is -2.52. The predicted molar refractivity (Wildman–Crippen MR) is 157 cm³/mol. The van der Waals surface area contributed by atoms with E-state index < -0.39 is 45.9 Å². The molecule has 2 amide bonds. The molecule has 15 heteroatoms. The maximum Gasteiger partial charge on any atom is 0.263 e. The Balaban J connectivity index is 1.50. The Hall–Kier alpha value is -4.56. The number of pyridine rings is 1. The standard InChI is InChI=1S/C28H29ClF2N8O4/c1-4-37-5-6-39(14(2)10-37)20-8-19(18(29)9-33-20)35-21(40)12-38-11-17(22-27(38)34-13-36(3)28(22)43)15-7-16(26(32)42)25(41)24(31)23(15)30/h7-9,11,13-14,41H,4-6,10,12H2,1-3H3,(H2,32,42)(H,33,35,40)/t14-/m0/s1. The summed E-state index contributed by atoms with van der Waals surface area (Å²) in [6, 6.07) is 2.72. The summed E-state index contributed by atoms with van der Waals surface area (Å²) in [5.74, 6) is -5.58. The number of primary amides is 1. The molecule has 4 N–H and O–H groups in total. The molecule has 1 saturated heterocycles. The molecular formula is C28H29ClF2N8O4. The molecule has 0 unspecified atom stereocenters. The average Bonchev–Trinajstić information content (AvgIpc) is 3.33. The minimum Gasteiger partial charge on any atom is -0.504 e. The Morgan fingerprint density at radius 3 is 2.60 bits per heavy atom. The molecule has 0 bridgehead atoms. The van der Waals surface area contributed by atoms with Crippen molar-refractivity contribution in [2.75, 3.05) is 36.4 Å². The third-order valence-corrected chi connectivity index (χ3v) is 7.86. The number of amides is 2. The summed E-state index contributed by atoms with van der Waals surface area (Å²) in [6.45, 7) is 7.25. The molecule has 1 fully saturated rings. The number of nitrogens with two attached hydrogens (primary N) is 1. The Morgan fingerprint density at radius 2 is 1.93 bits per heavy atom. The van der Waals surface area contributed by atoms with Gasteiger partial charge >= 0.3 is 0 Å². The summed E-state index contributed by atoms with van der Waals surface area (Å²) in [6.07, 6.45) is 3.92. The number of nitrogens with one attached hydrogen (secondary N) is 1. The molecule has 1 atom stereocenters. The van der Waals surface area contributed by atoms with E-state index in [1.165, 1.54) is 30.3 Å². The number of benzene rings is 1. The molecule has 4 heterocycles. The first kappa shape index (κ1) is 29.9. The molecule has 0 radical (unpaired) electrons. The number of aromatic hydroxyl groups is 1. The van der Waals surface area contributed by atoms with E-state index in [4.69, 9.17) is 17.3 Å². The van der Waals surface area contributed by atoms with Crippen LogP contribution in [0, 0.1) is 11.6 Å². The van der Waals surface area contributed by atoms with Gasteiger partial charge in [0.15, 0.2) is 11.6 Å². The van der Waals surface area contributed by atoms with E-state index >= 15 is 4.39 Å². The number of anilines is 2. The van der Waals surface area contributed by atoms with Gasteiger partial charge in [0.2, 0.25) is 11.7 Å². The number of piperazine rings is 1. The van der Waals surface area contributed by atoms with Gasteiger partial charge in [-0.1, -0.05) is 18.5 Å². The third kappa shape index (κ3) is 5.50. The van der Waals surface area contributed by atoms with Crippen molar-refractivity contribution in [1.82, 2.24) is 24.0 Å². The van der Waals surface area contributed by atoms with Crippen molar-refractivity contribution >= 4 is 46.0 Å². The monoisotopic (exact) mass is 614 g/mol. The minimum atomic E-state index is -1.71. The fourth-order valence-electron chi connectivity index (χ4n) is 5.28. The average molecular weight is 615 g/mol. The third-order valence-electron chi connectivity index (χ3n) is 7.56. The number of fused-ring (bicyclic) bond motifs is 1. The molecule has 12 nitrogen and oxygen atoms in total. The lowest BCUT2D eigenvalue weighted by Gasteiger charge is -2.40. The number of halogens is 3. The first-order valence-corrected chi connectivity index (χ1v) is 13.8. The highest BCUT2D eigenvalue weighted by molar-refractivity contribution is 6.33. The summed E-state index contributed by atoms with van der Waals surface area (Å²) in [5.41, 5.74) is 3.60. The van der Waals surface area contributed by atoms with E-state index in [1.807, 2.05) is 0 Å². The number of carbonyl (C=O) groups excluding carboxylic acids is 2. The second-order valence-electron chi connectivity index (χ2n) is 10.3. The summed E-state index contributed by atoms with van der Waals surface area (Å²) in [7, 11) is 1.41. The van der Waals surface area contributed by atoms with Gasteiger partial charge in [-0.15, -0.1) is 0 Å². The SMILES string of the molecule is CCN1CCN(c2cc(NC(=O)Cn3cc(-c4cc(C(N)=O)c(O)c(F)c4F)c4c(=O)n(C)cnc43)c(Cl)cn2)[C@@H](C)C1. The van der Waals surface area contributed by atoms with Crippen LogP contribution in [-0.2, 0) is 18.4 Å². The Bertz CT molecular complexity index is 1830. The highest BCUT2D eigenvalue weighted by Gasteiger charge is 2.27. The van der Waals surface area contributed by atoms with Crippen molar-refractivity contribution in [2.24, 2.45) is 12.8 Å². The molecule has 226 valence electrons. The number of carbonyl (C=O) groups is 2. The lowest BCUT2D eigenvalue weighted by atomic mass is 10.0. The van der Waals surface area contributed by atoms with E-state index in [0.717, 1.165) is 36.8 Å². The summed E-state index contributed by atoms with van der Waals surface area (Å²) in [4.78, 5) is 51.3. The quantitative estimate of drug-likeness (QED) is 0.287. The fourth-order valence-corrected chi connectivity index (χ4v) is 5.43. The number of aryl methyl sites for hydroxylation is 1. The van der Waals surface area contributed by atoms with Crippen LogP contribution >= 0.6 is 11.6 Å². The van der Waals surface area contributed by atoms with Gasteiger partial charge < -0.3 is 30.2 Å². The van der Waals surface area contributed by atoms with Crippen LogP contribution in [0.25, 0.3) is 22.2 Å². The molecule has 0 aliphatic carbocycles. The Labute approximate surface area is 249 Å². The zero-order chi connectivity index (χ0) is 31.2. The van der Waals surface area contributed by atoms with Gasteiger partial charge in [0.25, 0.3) is 11.5 Å². The lowest BCUT2D eigenvalue weighted by molar-refractivity contribution is -0.116. The highest BCUT2D eigenvalue weighted by atomic mass is 35.5. The van der Waals surface area contributed by atoms with Crippen molar-refractivity contribution in [3.63, 3.8) is 0 Å². The van der Waals surface area contributed by atoms with Gasteiger partial charge in [-0.25, -0.2) is 14.4 Å². The number of hydrogen-bond acceptors (Lipinski definition) is 8. The Morgan fingerprint density at radius 1 is 1.19 bits per heavy atom. The summed E-state index contributed by atoms with van der Waals surface area (Å²) < 4.78 is 32.1. The van der Waals surface area contributed by atoms with E-state index in [1.54, 1.807) is 6.07 Å². The van der Waals surface area contributed by atoms with Gasteiger partial charge in [0.05, 0.1) is 34.2 Å². The van der Waals surface area contributed by atoms with Crippen LogP contribution in [0.1, 0.15) is 24.2 Å².